The number of pyridine rings is 1. The molecule has 0 aliphatic heterocycles. The number of nitrogens with one attached hydrogen (secondary N) is 1. The highest BCUT2D eigenvalue weighted by atomic mass is 16.4. The second kappa shape index (κ2) is 5.39. The van der Waals surface area contributed by atoms with E-state index in [9.17, 15) is 4.79 Å². The van der Waals surface area contributed by atoms with E-state index >= 15 is 0 Å². The minimum absolute atomic E-state index is 0.0477. The number of anilines is 3. The zero-order valence-electron chi connectivity index (χ0n) is 10.6. The Morgan fingerprint density at radius 1 is 1.37 bits per heavy atom. The molecule has 1 heterocycles. The van der Waals surface area contributed by atoms with E-state index < -0.39 is 5.97 Å². The number of nitrogens with zero attached hydrogens (tertiary/aromatic N) is 1. The molecule has 1 aromatic carbocycles. The van der Waals surface area contributed by atoms with Gasteiger partial charge < -0.3 is 16.2 Å². The average molecular weight is 257 g/mol. The van der Waals surface area contributed by atoms with Crippen LogP contribution in [0.25, 0.3) is 0 Å². The Labute approximate surface area is 111 Å². The van der Waals surface area contributed by atoms with Gasteiger partial charge in [-0.3, -0.25) is 0 Å². The molecule has 0 bridgehead atoms. The third-order valence-corrected chi connectivity index (χ3v) is 2.87. The van der Waals surface area contributed by atoms with Crippen LogP contribution in [0.3, 0.4) is 0 Å². The highest BCUT2D eigenvalue weighted by Gasteiger charge is 2.12. The summed E-state index contributed by atoms with van der Waals surface area (Å²) in [6.07, 6.45) is 2.29. The topological polar surface area (TPSA) is 88.2 Å². The lowest BCUT2D eigenvalue weighted by molar-refractivity contribution is 0.0698. The van der Waals surface area contributed by atoms with Gasteiger partial charge in [-0.1, -0.05) is 25.1 Å². The van der Waals surface area contributed by atoms with E-state index in [1.165, 1.54) is 12.3 Å². The maximum atomic E-state index is 11.0. The summed E-state index contributed by atoms with van der Waals surface area (Å²) in [6, 6.07) is 9.15. The van der Waals surface area contributed by atoms with Crippen molar-refractivity contribution < 1.29 is 9.90 Å². The maximum absolute atomic E-state index is 11.0. The van der Waals surface area contributed by atoms with Crippen LogP contribution in [0.1, 0.15) is 22.8 Å². The first-order valence-corrected chi connectivity index (χ1v) is 5.96. The molecule has 0 fully saturated rings. The normalized spacial score (nSPS) is 10.2. The molecule has 4 N–H and O–H groups in total. The Morgan fingerprint density at radius 3 is 2.79 bits per heavy atom. The molecule has 98 valence electrons. The summed E-state index contributed by atoms with van der Waals surface area (Å²) in [6.45, 7) is 2.05. The highest BCUT2D eigenvalue weighted by Crippen LogP contribution is 2.26. The Morgan fingerprint density at radius 2 is 2.11 bits per heavy atom. The van der Waals surface area contributed by atoms with Gasteiger partial charge in [0.25, 0.3) is 0 Å². The molecule has 2 aromatic rings. The van der Waals surface area contributed by atoms with Gasteiger partial charge in [0, 0.05) is 11.9 Å². The lowest BCUT2D eigenvalue weighted by Gasteiger charge is -2.12. The number of nitrogen functional groups attached to an aromatic ring is 1. The summed E-state index contributed by atoms with van der Waals surface area (Å²) < 4.78 is 0. The van der Waals surface area contributed by atoms with E-state index in [4.69, 9.17) is 10.8 Å². The van der Waals surface area contributed by atoms with Crippen LogP contribution >= 0.6 is 0 Å². The van der Waals surface area contributed by atoms with Crippen molar-refractivity contribution in [1.29, 1.82) is 0 Å². The number of aromatic carboxylic acids is 1. The van der Waals surface area contributed by atoms with E-state index in [1.807, 2.05) is 31.2 Å². The lowest BCUT2D eigenvalue weighted by Crippen LogP contribution is -2.07. The van der Waals surface area contributed by atoms with Crippen molar-refractivity contribution in [2.24, 2.45) is 0 Å². The Bertz CT molecular complexity index is 611. The van der Waals surface area contributed by atoms with Crippen molar-refractivity contribution in [3.63, 3.8) is 0 Å². The maximum Gasteiger partial charge on any atom is 0.337 e. The van der Waals surface area contributed by atoms with Crippen LogP contribution in [-0.4, -0.2) is 16.1 Å². The summed E-state index contributed by atoms with van der Waals surface area (Å²) in [5, 5.41) is 12.1. The molecule has 5 heteroatoms. The van der Waals surface area contributed by atoms with Crippen molar-refractivity contribution in [3.05, 3.63) is 47.7 Å². The largest absolute Gasteiger partial charge is 0.478 e. The van der Waals surface area contributed by atoms with E-state index in [-0.39, 0.29) is 11.3 Å². The molecule has 0 aliphatic carbocycles. The van der Waals surface area contributed by atoms with E-state index in [0.29, 0.717) is 5.82 Å². The van der Waals surface area contributed by atoms with Gasteiger partial charge in [0.1, 0.15) is 0 Å². The predicted molar refractivity (Wildman–Crippen MR) is 74.7 cm³/mol. The van der Waals surface area contributed by atoms with Gasteiger partial charge in [0.2, 0.25) is 0 Å². The first-order valence-electron chi connectivity index (χ1n) is 5.96. The number of benzene rings is 1. The van der Waals surface area contributed by atoms with Crippen LogP contribution in [0.2, 0.25) is 0 Å². The molecule has 5 nitrogen and oxygen atoms in total. The third kappa shape index (κ3) is 2.65. The number of hydrogen-bond acceptors (Lipinski definition) is 4. The molecule has 0 amide bonds. The summed E-state index contributed by atoms with van der Waals surface area (Å²) in [4.78, 5) is 15.1. The smallest absolute Gasteiger partial charge is 0.337 e. The third-order valence-electron chi connectivity index (χ3n) is 2.87. The van der Waals surface area contributed by atoms with Gasteiger partial charge in [-0.25, -0.2) is 9.78 Å². The number of aryl methyl sites for hydroxylation is 1. The second-order valence-electron chi connectivity index (χ2n) is 4.06. The van der Waals surface area contributed by atoms with Gasteiger partial charge in [0.05, 0.1) is 11.3 Å². The molecule has 0 saturated heterocycles. The molecule has 1 aromatic heterocycles. The number of aromatic nitrogens is 1. The quantitative estimate of drug-likeness (QED) is 0.783. The minimum Gasteiger partial charge on any atom is -0.478 e. The number of hydrogen-bond donors (Lipinski definition) is 3. The number of nitrogens with two attached hydrogens (primary N) is 1. The number of rotatable bonds is 4. The molecular formula is C14H15N3O2. The molecule has 0 radical (unpaired) electrons. The lowest BCUT2D eigenvalue weighted by atomic mass is 10.1. The zero-order chi connectivity index (χ0) is 13.8. The molecule has 0 aliphatic rings. The fraction of sp³-hybridized carbons (Fsp3) is 0.143. The van der Waals surface area contributed by atoms with Gasteiger partial charge in [0.15, 0.2) is 5.82 Å². The molecule has 0 unspecified atom stereocenters. The number of para-hydroxylation sites is 1. The number of carboxylic acids is 1. The van der Waals surface area contributed by atoms with Crippen LogP contribution in [0.5, 0.6) is 0 Å². The fourth-order valence-corrected chi connectivity index (χ4v) is 1.84. The highest BCUT2D eigenvalue weighted by molar-refractivity contribution is 5.96. The van der Waals surface area contributed by atoms with Crippen molar-refractivity contribution in [1.82, 2.24) is 4.98 Å². The summed E-state index contributed by atoms with van der Waals surface area (Å²) in [5.41, 5.74) is 8.00. The summed E-state index contributed by atoms with van der Waals surface area (Å²) in [7, 11) is 0. The van der Waals surface area contributed by atoms with Crippen LogP contribution in [-0.2, 0) is 6.42 Å². The molecule has 2 rings (SSSR count). The first kappa shape index (κ1) is 12.9. The Hall–Kier alpha value is -2.56. The monoisotopic (exact) mass is 257 g/mol. The van der Waals surface area contributed by atoms with Crippen LogP contribution in [0, 0.1) is 0 Å². The van der Waals surface area contributed by atoms with Gasteiger partial charge >= 0.3 is 5.97 Å². The van der Waals surface area contributed by atoms with Crippen molar-refractivity contribution in [3.8, 4) is 0 Å². The van der Waals surface area contributed by atoms with Gasteiger partial charge in [-0.05, 0) is 24.1 Å². The fourth-order valence-electron chi connectivity index (χ4n) is 1.84. The van der Waals surface area contributed by atoms with Crippen molar-refractivity contribution >= 4 is 23.2 Å². The summed E-state index contributed by atoms with van der Waals surface area (Å²) >= 11 is 0. The molecule has 19 heavy (non-hydrogen) atoms. The average Bonchev–Trinajstić information content (AvgIpc) is 2.41. The second-order valence-corrected chi connectivity index (χ2v) is 4.06. The van der Waals surface area contributed by atoms with Crippen LogP contribution in [0.15, 0.2) is 36.5 Å². The Balaban J connectivity index is 2.39. The number of carboxylic acid groups (broad SMARTS) is 1. The SMILES string of the molecule is CCc1ccccc1Nc1nccc(C(=O)O)c1N. The van der Waals surface area contributed by atoms with Crippen molar-refractivity contribution in [2.45, 2.75) is 13.3 Å². The molecule has 0 saturated carbocycles. The minimum atomic E-state index is -1.06. The first-order chi connectivity index (χ1) is 9.13. The number of carbonyl (C=O) groups is 1. The van der Waals surface area contributed by atoms with E-state index in [1.54, 1.807) is 0 Å². The summed E-state index contributed by atoms with van der Waals surface area (Å²) in [5.74, 6) is -0.701. The van der Waals surface area contributed by atoms with Crippen LogP contribution in [0.4, 0.5) is 17.2 Å². The molecule has 0 spiro atoms. The van der Waals surface area contributed by atoms with Crippen molar-refractivity contribution in [2.75, 3.05) is 11.1 Å². The molecule has 0 atom stereocenters. The zero-order valence-corrected chi connectivity index (χ0v) is 10.6. The van der Waals surface area contributed by atoms with E-state index in [2.05, 4.69) is 10.3 Å². The Kier molecular flexibility index (Phi) is 3.66. The predicted octanol–water partition coefficient (Wildman–Crippen LogP) is 2.67. The molecular weight excluding hydrogens is 242 g/mol. The standard InChI is InChI=1S/C14H15N3O2/c1-2-9-5-3-4-6-11(9)17-13-12(15)10(14(18)19)7-8-16-13/h3-8H,2,15H2,1H3,(H,16,17)(H,18,19). The van der Waals surface area contributed by atoms with E-state index in [0.717, 1.165) is 17.7 Å². The van der Waals surface area contributed by atoms with Gasteiger partial charge in [-0.2, -0.15) is 0 Å². The van der Waals surface area contributed by atoms with Gasteiger partial charge in [-0.15, -0.1) is 0 Å². The van der Waals surface area contributed by atoms with Crippen LogP contribution < -0.4 is 11.1 Å².